The molecular formula is C18H25N5O. The van der Waals surface area contributed by atoms with Crippen molar-refractivity contribution in [3.63, 3.8) is 0 Å². The fourth-order valence-corrected chi connectivity index (χ4v) is 3.29. The highest BCUT2D eigenvalue weighted by Gasteiger charge is 2.22. The predicted molar refractivity (Wildman–Crippen MR) is 92.3 cm³/mol. The van der Waals surface area contributed by atoms with Crippen molar-refractivity contribution in [3.8, 4) is 0 Å². The van der Waals surface area contributed by atoms with Crippen LogP contribution in [0.25, 0.3) is 0 Å². The van der Waals surface area contributed by atoms with Gasteiger partial charge in [-0.1, -0.05) is 30.3 Å². The molecule has 3 rings (SSSR count). The third-order valence-corrected chi connectivity index (χ3v) is 4.46. The molecule has 1 aliphatic heterocycles. The maximum atomic E-state index is 12.1. The molecule has 6 heteroatoms. The number of aromatic nitrogens is 3. The molecule has 1 aromatic carbocycles. The standard InChI is InChI=1S/C18H25N5O/c24-18(20-9-8-16-5-2-1-3-6-16)13-22-10-4-7-17(11-22)12-23-15-19-14-21-23/h1-3,5-6,14-15,17H,4,7-13H2,(H,20,24). The van der Waals surface area contributed by atoms with Crippen LogP contribution in [0, 0.1) is 5.92 Å². The van der Waals surface area contributed by atoms with Crippen LogP contribution in [-0.4, -0.2) is 51.8 Å². The second kappa shape index (κ2) is 8.59. The molecule has 0 aliphatic carbocycles. The van der Waals surface area contributed by atoms with E-state index in [1.54, 1.807) is 12.7 Å². The fourth-order valence-electron chi connectivity index (χ4n) is 3.29. The van der Waals surface area contributed by atoms with Gasteiger partial charge in [0, 0.05) is 19.6 Å². The van der Waals surface area contributed by atoms with Gasteiger partial charge >= 0.3 is 0 Å². The molecule has 1 N–H and O–H groups in total. The number of benzene rings is 1. The SMILES string of the molecule is O=C(CN1CCCC(Cn2cncn2)C1)NCCc1ccccc1. The Kier molecular flexibility index (Phi) is 5.96. The van der Waals surface area contributed by atoms with Crippen molar-refractivity contribution in [1.29, 1.82) is 0 Å². The lowest BCUT2D eigenvalue weighted by Gasteiger charge is -2.32. The normalized spacial score (nSPS) is 18.4. The summed E-state index contributed by atoms with van der Waals surface area (Å²) >= 11 is 0. The average Bonchev–Trinajstić information content (AvgIpc) is 3.09. The summed E-state index contributed by atoms with van der Waals surface area (Å²) in [5.74, 6) is 0.657. The average molecular weight is 327 g/mol. The molecule has 6 nitrogen and oxygen atoms in total. The Hall–Kier alpha value is -2.21. The summed E-state index contributed by atoms with van der Waals surface area (Å²) in [7, 11) is 0. The first-order chi connectivity index (χ1) is 11.8. The Bertz CT molecular complexity index is 614. The van der Waals surface area contributed by atoms with Crippen LogP contribution in [0.2, 0.25) is 0 Å². The summed E-state index contributed by atoms with van der Waals surface area (Å²) < 4.78 is 1.88. The van der Waals surface area contributed by atoms with Gasteiger partial charge in [-0.3, -0.25) is 14.4 Å². The summed E-state index contributed by atoms with van der Waals surface area (Å²) in [6.45, 7) is 4.01. The molecule has 0 spiro atoms. The van der Waals surface area contributed by atoms with Gasteiger partial charge in [0.2, 0.25) is 5.91 Å². The molecule has 1 atom stereocenters. The number of carbonyl (C=O) groups is 1. The molecular weight excluding hydrogens is 302 g/mol. The van der Waals surface area contributed by atoms with Gasteiger partial charge < -0.3 is 5.32 Å². The highest BCUT2D eigenvalue weighted by molar-refractivity contribution is 5.78. The zero-order valence-corrected chi connectivity index (χ0v) is 14.0. The maximum Gasteiger partial charge on any atom is 0.234 e. The van der Waals surface area contributed by atoms with Crippen molar-refractivity contribution >= 4 is 5.91 Å². The zero-order valence-electron chi connectivity index (χ0n) is 14.0. The van der Waals surface area contributed by atoms with Crippen LogP contribution >= 0.6 is 0 Å². The molecule has 0 saturated carbocycles. The molecule has 2 heterocycles. The van der Waals surface area contributed by atoms with Gasteiger partial charge in [0.05, 0.1) is 6.54 Å². The molecule has 1 aromatic heterocycles. The highest BCUT2D eigenvalue weighted by atomic mass is 16.2. The van der Waals surface area contributed by atoms with E-state index in [-0.39, 0.29) is 5.91 Å². The van der Waals surface area contributed by atoms with E-state index >= 15 is 0 Å². The van der Waals surface area contributed by atoms with E-state index < -0.39 is 0 Å². The first kappa shape index (κ1) is 16.6. The second-order valence-electron chi connectivity index (χ2n) is 6.45. The number of nitrogens with zero attached hydrogens (tertiary/aromatic N) is 4. The molecule has 1 unspecified atom stereocenters. The summed E-state index contributed by atoms with van der Waals surface area (Å²) in [5, 5.41) is 7.20. The lowest BCUT2D eigenvalue weighted by atomic mass is 9.98. The van der Waals surface area contributed by atoms with Gasteiger partial charge in [-0.05, 0) is 37.3 Å². The fraction of sp³-hybridized carbons (Fsp3) is 0.500. The van der Waals surface area contributed by atoms with E-state index in [0.29, 0.717) is 19.0 Å². The van der Waals surface area contributed by atoms with Crippen molar-refractivity contribution in [2.75, 3.05) is 26.2 Å². The highest BCUT2D eigenvalue weighted by Crippen LogP contribution is 2.17. The Morgan fingerprint density at radius 3 is 2.96 bits per heavy atom. The number of carbonyl (C=O) groups excluding carboxylic acids is 1. The van der Waals surface area contributed by atoms with Crippen LogP contribution in [0.3, 0.4) is 0 Å². The lowest BCUT2D eigenvalue weighted by molar-refractivity contribution is -0.122. The van der Waals surface area contributed by atoms with Crippen molar-refractivity contribution in [2.45, 2.75) is 25.8 Å². The molecule has 1 saturated heterocycles. The van der Waals surface area contributed by atoms with Gasteiger partial charge in [-0.15, -0.1) is 0 Å². The molecule has 1 aliphatic rings. The van der Waals surface area contributed by atoms with Gasteiger partial charge in [0.15, 0.2) is 0 Å². The Morgan fingerprint density at radius 1 is 1.29 bits per heavy atom. The summed E-state index contributed by atoms with van der Waals surface area (Å²) in [5.41, 5.74) is 1.25. The Labute approximate surface area is 142 Å². The molecule has 128 valence electrons. The third-order valence-electron chi connectivity index (χ3n) is 4.46. The largest absolute Gasteiger partial charge is 0.355 e. The van der Waals surface area contributed by atoms with Gasteiger partial charge in [0.1, 0.15) is 12.7 Å². The minimum Gasteiger partial charge on any atom is -0.355 e. The van der Waals surface area contributed by atoms with E-state index in [1.165, 1.54) is 12.0 Å². The van der Waals surface area contributed by atoms with Crippen LogP contribution in [0.15, 0.2) is 43.0 Å². The number of piperidine rings is 1. The van der Waals surface area contributed by atoms with E-state index in [0.717, 1.165) is 32.5 Å². The number of nitrogens with one attached hydrogen (secondary N) is 1. The molecule has 1 fully saturated rings. The number of amides is 1. The van der Waals surface area contributed by atoms with Crippen LogP contribution in [-0.2, 0) is 17.8 Å². The minimum absolute atomic E-state index is 0.118. The minimum atomic E-state index is 0.118. The van der Waals surface area contributed by atoms with Gasteiger partial charge in [-0.2, -0.15) is 5.10 Å². The molecule has 1 amide bonds. The maximum absolute atomic E-state index is 12.1. The molecule has 2 aromatic rings. The van der Waals surface area contributed by atoms with Crippen molar-refractivity contribution < 1.29 is 4.79 Å². The van der Waals surface area contributed by atoms with Crippen LogP contribution < -0.4 is 5.32 Å². The number of hydrogen-bond donors (Lipinski definition) is 1. The zero-order chi connectivity index (χ0) is 16.6. The molecule has 0 bridgehead atoms. The molecule has 0 radical (unpaired) electrons. The van der Waals surface area contributed by atoms with E-state index in [1.807, 2.05) is 22.9 Å². The first-order valence-electron chi connectivity index (χ1n) is 8.65. The van der Waals surface area contributed by atoms with Crippen molar-refractivity contribution in [1.82, 2.24) is 25.0 Å². The topological polar surface area (TPSA) is 63.1 Å². The Morgan fingerprint density at radius 2 is 2.17 bits per heavy atom. The quantitative estimate of drug-likeness (QED) is 0.834. The smallest absolute Gasteiger partial charge is 0.234 e. The lowest BCUT2D eigenvalue weighted by Crippen LogP contribution is -2.43. The van der Waals surface area contributed by atoms with E-state index in [4.69, 9.17) is 0 Å². The van der Waals surface area contributed by atoms with Gasteiger partial charge in [0.25, 0.3) is 0 Å². The first-order valence-corrected chi connectivity index (χ1v) is 8.65. The predicted octanol–water partition coefficient (Wildman–Crippen LogP) is 1.35. The molecule has 24 heavy (non-hydrogen) atoms. The van der Waals surface area contributed by atoms with Crippen molar-refractivity contribution in [3.05, 3.63) is 48.5 Å². The van der Waals surface area contributed by atoms with Gasteiger partial charge in [-0.25, -0.2) is 4.98 Å². The summed E-state index contributed by atoms with van der Waals surface area (Å²) in [4.78, 5) is 18.4. The monoisotopic (exact) mass is 327 g/mol. The third kappa shape index (κ3) is 5.16. The van der Waals surface area contributed by atoms with Crippen LogP contribution in [0.5, 0.6) is 0 Å². The second-order valence-corrected chi connectivity index (χ2v) is 6.45. The summed E-state index contributed by atoms with van der Waals surface area (Å²) in [6.07, 6.45) is 6.53. The van der Waals surface area contributed by atoms with E-state index in [9.17, 15) is 4.79 Å². The number of rotatable bonds is 7. The van der Waals surface area contributed by atoms with E-state index in [2.05, 4.69) is 32.4 Å². The van der Waals surface area contributed by atoms with Crippen LogP contribution in [0.1, 0.15) is 18.4 Å². The summed E-state index contributed by atoms with van der Waals surface area (Å²) in [6, 6.07) is 10.2. The number of likely N-dealkylation sites (tertiary alicyclic amines) is 1. The Balaban J connectivity index is 1.37. The van der Waals surface area contributed by atoms with Crippen molar-refractivity contribution in [2.24, 2.45) is 5.92 Å². The number of hydrogen-bond acceptors (Lipinski definition) is 4. The van der Waals surface area contributed by atoms with Crippen LogP contribution in [0.4, 0.5) is 0 Å².